The first-order valence-electron chi connectivity index (χ1n) is 8.92. The number of benzene rings is 1. The SMILES string of the molecule is CC(=O)c1csc(Cn2ccc(NC(=O)c3nc(C)oc3-c3cccc(F)c3)n2)n1. The van der Waals surface area contributed by atoms with Crippen molar-refractivity contribution in [2.45, 2.75) is 20.4 Å². The van der Waals surface area contributed by atoms with Gasteiger partial charge >= 0.3 is 0 Å². The van der Waals surface area contributed by atoms with Crippen LogP contribution in [0.5, 0.6) is 0 Å². The Kier molecular flexibility index (Phi) is 5.23. The third-order valence-corrected chi connectivity index (χ3v) is 4.96. The van der Waals surface area contributed by atoms with Crippen LogP contribution >= 0.6 is 11.3 Å². The molecule has 0 spiro atoms. The lowest BCUT2D eigenvalue weighted by Crippen LogP contribution is -2.14. The molecule has 3 heterocycles. The lowest BCUT2D eigenvalue weighted by molar-refractivity contribution is 0.100. The molecule has 0 atom stereocenters. The highest BCUT2D eigenvalue weighted by Gasteiger charge is 2.21. The summed E-state index contributed by atoms with van der Waals surface area (Å²) in [6, 6.07) is 7.38. The predicted octanol–water partition coefficient (Wildman–Crippen LogP) is 3.95. The zero-order chi connectivity index (χ0) is 21.3. The number of carbonyl (C=O) groups is 2. The van der Waals surface area contributed by atoms with Gasteiger partial charge in [-0.25, -0.2) is 14.4 Å². The van der Waals surface area contributed by atoms with Gasteiger partial charge in [0.15, 0.2) is 28.9 Å². The van der Waals surface area contributed by atoms with Crippen molar-refractivity contribution in [2.75, 3.05) is 5.32 Å². The number of ketones is 1. The summed E-state index contributed by atoms with van der Waals surface area (Å²) >= 11 is 1.36. The standard InChI is InChI=1S/C20H16FN5O3S/c1-11(27)15-10-30-17(23-15)9-26-7-6-16(25-26)24-20(28)18-19(29-12(2)22-18)13-4-3-5-14(21)8-13/h3-8,10H,9H2,1-2H3,(H,24,25,28). The Hall–Kier alpha value is -3.66. The highest BCUT2D eigenvalue weighted by atomic mass is 32.1. The zero-order valence-electron chi connectivity index (χ0n) is 16.0. The number of nitrogens with one attached hydrogen (secondary N) is 1. The van der Waals surface area contributed by atoms with E-state index < -0.39 is 11.7 Å². The Morgan fingerprint density at radius 2 is 2.10 bits per heavy atom. The first-order chi connectivity index (χ1) is 14.4. The van der Waals surface area contributed by atoms with Gasteiger partial charge in [0.05, 0.1) is 6.54 Å². The van der Waals surface area contributed by atoms with E-state index >= 15 is 0 Å². The minimum absolute atomic E-state index is 0.0404. The number of hydrogen-bond acceptors (Lipinski definition) is 7. The van der Waals surface area contributed by atoms with E-state index in [0.717, 1.165) is 5.01 Å². The second kappa shape index (κ2) is 7.99. The van der Waals surface area contributed by atoms with Crippen LogP contribution in [0.3, 0.4) is 0 Å². The van der Waals surface area contributed by atoms with Crippen LogP contribution in [0, 0.1) is 12.7 Å². The second-order valence-electron chi connectivity index (χ2n) is 6.46. The van der Waals surface area contributed by atoms with Crippen LogP contribution in [0.15, 0.2) is 46.3 Å². The molecule has 152 valence electrons. The molecule has 1 N–H and O–H groups in total. The van der Waals surface area contributed by atoms with Gasteiger partial charge in [0.25, 0.3) is 5.91 Å². The summed E-state index contributed by atoms with van der Waals surface area (Å²) in [6.45, 7) is 3.44. The molecule has 1 aromatic carbocycles. The van der Waals surface area contributed by atoms with E-state index in [-0.39, 0.29) is 23.1 Å². The molecule has 30 heavy (non-hydrogen) atoms. The predicted molar refractivity (Wildman–Crippen MR) is 108 cm³/mol. The maximum atomic E-state index is 13.6. The average Bonchev–Trinajstić information content (AvgIpc) is 3.42. The third kappa shape index (κ3) is 4.18. The largest absolute Gasteiger partial charge is 0.440 e. The van der Waals surface area contributed by atoms with Crippen molar-refractivity contribution in [1.29, 1.82) is 0 Å². The van der Waals surface area contributed by atoms with E-state index in [2.05, 4.69) is 20.4 Å². The Morgan fingerprint density at radius 3 is 2.83 bits per heavy atom. The van der Waals surface area contributed by atoms with Gasteiger partial charge < -0.3 is 9.73 Å². The lowest BCUT2D eigenvalue weighted by atomic mass is 10.1. The molecule has 0 fully saturated rings. The van der Waals surface area contributed by atoms with Crippen molar-refractivity contribution in [3.8, 4) is 11.3 Å². The number of halogens is 1. The molecule has 0 bridgehead atoms. The van der Waals surface area contributed by atoms with Gasteiger partial charge in [0.1, 0.15) is 16.5 Å². The smallest absolute Gasteiger partial charge is 0.279 e. The van der Waals surface area contributed by atoms with E-state index in [1.54, 1.807) is 35.3 Å². The molecule has 4 aromatic rings. The van der Waals surface area contributed by atoms with Crippen molar-refractivity contribution in [1.82, 2.24) is 19.7 Å². The van der Waals surface area contributed by atoms with E-state index in [1.165, 1.54) is 36.5 Å². The molecule has 0 saturated heterocycles. The highest BCUT2D eigenvalue weighted by molar-refractivity contribution is 7.09. The number of aromatic nitrogens is 4. The summed E-state index contributed by atoms with van der Waals surface area (Å²) in [5.41, 5.74) is 0.872. The number of nitrogens with zero attached hydrogens (tertiary/aromatic N) is 4. The molecule has 0 radical (unpaired) electrons. The second-order valence-corrected chi connectivity index (χ2v) is 7.40. The molecule has 8 nitrogen and oxygen atoms in total. The molecule has 0 aliphatic rings. The first-order valence-corrected chi connectivity index (χ1v) is 9.80. The fourth-order valence-corrected chi connectivity index (χ4v) is 3.61. The number of amides is 1. The maximum absolute atomic E-state index is 13.6. The molecule has 0 aliphatic carbocycles. The van der Waals surface area contributed by atoms with Gasteiger partial charge in [0, 0.05) is 37.1 Å². The van der Waals surface area contributed by atoms with Crippen molar-refractivity contribution in [3.05, 3.63) is 70.0 Å². The number of hydrogen-bond donors (Lipinski definition) is 1. The van der Waals surface area contributed by atoms with Crippen molar-refractivity contribution in [2.24, 2.45) is 0 Å². The maximum Gasteiger partial charge on any atom is 0.279 e. The average molecular weight is 425 g/mol. The normalized spacial score (nSPS) is 10.9. The lowest BCUT2D eigenvalue weighted by Gasteiger charge is -2.02. The van der Waals surface area contributed by atoms with Crippen LogP contribution in [0.2, 0.25) is 0 Å². The molecule has 1 amide bonds. The van der Waals surface area contributed by atoms with Gasteiger partial charge in [-0.2, -0.15) is 5.10 Å². The zero-order valence-corrected chi connectivity index (χ0v) is 16.9. The summed E-state index contributed by atoms with van der Waals surface area (Å²) in [6.07, 6.45) is 1.69. The summed E-state index contributed by atoms with van der Waals surface area (Å²) in [7, 11) is 0. The van der Waals surface area contributed by atoms with Crippen molar-refractivity contribution >= 4 is 28.8 Å². The number of anilines is 1. The van der Waals surface area contributed by atoms with Gasteiger partial charge in [-0.1, -0.05) is 12.1 Å². The quantitative estimate of drug-likeness (QED) is 0.469. The molecule has 0 unspecified atom stereocenters. The Bertz CT molecular complexity index is 1240. The van der Waals surface area contributed by atoms with E-state index in [9.17, 15) is 14.0 Å². The minimum Gasteiger partial charge on any atom is -0.440 e. The number of Topliss-reactive ketones (excluding diaryl/α,β-unsaturated/α-hetero) is 1. The van der Waals surface area contributed by atoms with E-state index in [0.29, 0.717) is 23.6 Å². The summed E-state index contributed by atoms with van der Waals surface area (Å²) < 4.78 is 20.7. The Morgan fingerprint density at radius 1 is 1.27 bits per heavy atom. The van der Waals surface area contributed by atoms with Crippen LogP contribution in [0.4, 0.5) is 10.2 Å². The topological polar surface area (TPSA) is 103 Å². The van der Waals surface area contributed by atoms with Crippen LogP contribution in [-0.2, 0) is 6.54 Å². The molecule has 10 heteroatoms. The van der Waals surface area contributed by atoms with Gasteiger partial charge in [-0.05, 0) is 12.1 Å². The van der Waals surface area contributed by atoms with Crippen molar-refractivity contribution in [3.63, 3.8) is 0 Å². The summed E-state index contributed by atoms with van der Waals surface area (Å²) in [5, 5.41) is 9.39. The van der Waals surface area contributed by atoms with E-state index in [1.807, 2.05) is 0 Å². The van der Waals surface area contributed by atoms with Crippen LogP contribution < -0.4 is 5.32 Å². The van der Waals surface area contributed by atoms with Crippen LogP contribution in [0.1, 0.15) is 38.8 Å². The molecule has 4 rings (SSSR count). The highest BCUT2D eigenvalue weighted by Crippen LogP contribution is 2.26. The van der Waals surface area contributed by atoms with Crippen LogP contribution in [0.25, 0.3) is 11.3 Å². The molecular formula is C20H16FN5O3S. The first kappa shape index (κ1) is 19.6. The monoisotopic (exact) mass is 425 g/mol. The Balaban J connectivity index is 1.50. The van der Waals surface area contributed by atoms with E-state index in [4.69, 9.17) is 4.42 Å². The number of carbonyl (C=O) groups excluding carboxylic acids is 2. The fraction of sp³-hybridized carbons (Fsp3) is 0.150. The van der Waals surface area contributed by atoms with Gasteiger partial charge in [-0.3, -0.25) is 14.3 Å². The molecule has 3 aromatic heterocycles. The van der Waals surface area contributed by atoms with Crippen molar-refractivity contribution < 1.29 is 18.4 Å². The molecule has 0 saturated carbocycles. The summed E-state index contributed by atoms with van der Waals surface area (Å²) in [5.74, 6) is -0.276. The molecule has 0 aliphatic heterocycles. The minimum atomic E-state index is -0.524. The summed E-state index contributed by atoms with van der Waals surface area (Å²) in [4.78, 5) is 32.5. The number of thiazole rings is 1. The van der Waals surface area contributed by atoms with Gasteiger partial charge in [-0.15, -0.1) is 11.3 Å². The number of aryl methyl sites for hydroxylation is 1. The molecular weight excluding hydrogens is 409 g/mol. The number of rotatable bonds is 6. The Labute approximate surface area is 174 Å². The number of oxazole rings is 1. The van der Waals surface area contributed by atoms with Crippen LogP contribution in [-0.4, -0.2) is 31.4 Å². The van der Waals surface area contributed by atoms with Gasteiger partial charge in [0.2, 0.25) is 0 Å². The third-order valence-electron chi connectivity index (χ3n) is 4.13. The fourth-order valence-electron chi connectivity index (χ4n) is 2.78.